The highest BCUT2D eigenvalue weighted by Gasteiger charge is 2.16. The molecule has 0 N–H and O–H groups in total. The number of hydrogen-bond donors (Lipinski definition) is 0. The van der Waals surface area contributed by atoms with Gasteiger partial charge in [-0.3, -0.25) is 4.79 Å². The van der Waals surface area contributed by atoms with Gasteiger partial charge in [0.05, 0.1) is 7.11 Å². The van der Waals surface area contributed by atoms with E-state index in [9.17, 15) is 9.59 Å². The van der Waals surface area contributed by atoms with E-state index in [1.54, 1.807) is 24.3 Å². The van der Waals surface area contributed by atoms with Crippen LogP contribution in [-0.4, -0.2) is 18.3 Å². The molecule has 15 heavy (non-hydrogen) atoms. The van der Waals surface area contributed by atoms with Gasteiger partial charge in [0.15, 0.2) is 0 Å². The number of esters is 1. The molecule has 0 fully saturated rings. The smallest absolute Gasteiger partial charge is 0.342 e. The Kier molecular flexibility index (Phi) is 4.06. The van der Waals surface area contributed by atoms with E-state index in [0.717, 1.165) is 0 Å². The summed E-state index contributed by atoms with van der Waals surface area (Å²) in [7, 11) is 1.20. The van der Waals surface area contributed by atoms with E-state index in [2.05, 4.69) is 4.74 Å². The highest BCUT2D eigenvalue weighted by atomic mass is 35.5. The highest BCUT2D eigenvalue weighted by Crippen LogP contribution is 2.10. The summed E-state index contributed by atoms with van der Waals surface area (Å²) in [5.41, 5.74) is 0.539. The Bertz CT molecular complexity index is 396. The molecule has 0 heterocycles. The van der Waals surface area contributed by atoms with Gasteiger partial charge in [0, 0.05) is 0 Å². The molecule has 0 aliphatic heterocycles. The predicted molar refractivity (Wildman–Crippen MR) is 57.3 cm³/mol. The summed E-state index contributed by atoms with van der Waals surface area (Å²) in [6.45, 7) is 0. The summed E-state index contributed by atoms with van der Waals surface area (Å²) in [6, 6.07) is 8.92. The van der Waals surface area contributed by atoms with E-state index < -0.39 is 11.2 Å². The molecule has 3 nitrogen and oxygen atoms in total. The topological polar surface area (TPSA) is 43.4 Å². The van der Waals surface area contributed by atoms with E-state index in [1.807, 2.05) is 6.07 Å². The van der Waals surface area contributed by atoms with Crippen LogP contribution < -0.4 is 0 Å². The number of hydrogen-bond acceptors (Lipinski definition) is 3. The van der Waals surface area contributed by atoms with Gasteiger partial charge in [-0.2, -0.15) is 0 Å². The van der Waals surface area contributed by atoms with Crippen LogP contribution in [0.3, 0.4) is 0 Å². The summed E-state index contributed by atoms with van der Waals surface area (Å²) in [6.07, 6.45) is 1.39. The van der Waals surface area contributed by atoms with Gasteiger partial charge in [-0.1, -0.05) is 30.3 Å². The standard InChI is InChI=1S/C11H9ClO3/c1-15-11(14)9(10(12)13)7-8-5-3-2-4-6-8/h2-7H,1H3/b9-7+. The first-order chi connectivity index (χ1) is 7.15. The molecule has 0 atom stereocenters. The second kappa shape index (κ2) is 5.32. The zero-order chi connectivity index (χ0) is 11.3. The molecule has 0 unspecified atom stereocenters. The van der Waals surface area contributed by atoms with Crippen molar-refractivity contribution in [2.45, 2.75) is 0 Å². The molecule has 0 aliphatic carbocycles. The van der Waals surface area contributed by atoms with Gasteiger partial charge in [0.25, 0.3) is 5.24 Å². The number of ether oxygens (including phenoxy) is 1. The summed E-state index contributed by atoms with van der Waals surface area (Å²) in [5.74, 6) is -0.737. The quantitative estimate of drug-likeness (QED) is 0.259. The Morgan fingerprint density at radius 3 is 2.33 bits per heavy atom. The second-order valence-electron chi connectivity index (χ2n) is 2.73. The third-order valence-electron chi connectivity index (χ3n) is 1.73. The van der Waals surface area contributed by atoms with Gasteiger partial charge < -0.3 is 4.74 Å². The minimum absolute atomic E-state index is 0.176. The van der Waals surface area contributed by atoms with Gasteiger partial charge in [-0.25, -0.2) is 4.79 Å². The molecule has 0 aromatic heterocycles. The monoisotopic (exact) mass is 224 g/mol. The van der Waals surface area contributed by atoms with Crippen LogP contribution in [0.4, 0.5) is 0 Å². The van der Waals surface area contributed by atoms with Crippen molar-refractivity contribution in [1.82, 2.24) is 0 Å². The normalized spacial score (nSPS) is 10.9. The van der Waals surface area contributed by atoms with Gasteiger partial charge in [-0.05, 0) is 23.2 Å². The van der Waals surface area contributed by atoms with Crippen molar-refractivity contribution in [1.29, 1.82) is 0 Å². The first kappa shape index (κ1) is 11.5. The SMILES string of the molecule is COC(=O)/C(=C/c1ccccc1)C(=O)Cl. The van der Waals surface area contributed by atoms with Crippen molar-refractivity contribution in [3.8, 4) is 0 Å². The number of halogens is 1. The van der Waals surface area contributed by atoms with Gasteiger partial charge in [-0.15, -0.1) is 0 Å². The summed E-state index contributed by atoms with van der Waals surface area (Å²) in [4.78, 5) is 22.1. The lowest BCUT2D eigenvalue weighted by molar-refractivity contribution is -0.136. The Balaban J connectivity index is 3.05. The largest absolute Gasteiger partial charge is 0.465 e. The molecule has 0 saturated heterocycles. The lowest BCUT2D eigenvalue weighted by atomic mass is 10.1. The third-order valence-corrected chi connectivity index (χ3v) is 1.93. The fourth-order valence-corrected chi connectivity index (χ4v) is 1.15. The number of methoxy groups -OCH3 is 1. The average molecular weight is 225 g/mol. The average Bonchev–Trinajstić information content (AvgIpc) is 2.26. The van der Waals surface area contributed by atoms with Crippen LogP contribution in [0.15, 0.2) is 35.9 Å². The van der Waals surface area contributed by atoms with E-state index in [-0.39, 0.29) is 5.57 Å². The maximum absolute atomic E-state index is 11.2. The van der Waals surface area contributed by atoms with Crippen LogP contribution in [0, 0.1) is 0 Å². The molecule has 1 aromatic rings. The number of rotatable bonds is 3. The Morgan fingerprint density at radius 2 is 1.87 bits per heavy atom. The van der Waals surface area contributed by atoms with E-state index in [4.69, 9.17) is 11.6 Å². The number of carbonyl (C=O) groups excluding carboxylic acids is 2. The fraction of sp³-hybridized carbons (Fsp3) is 0.0909. The van der Waals surface area contributed by atoms with Crippen molar-refractivity contribution in [2.75, 3.05) is 7.11 Å². The van der Waals surface area contributed by atoms with Crippen molar-refractivity contribution in [2.24, 2.45) is 0 Å². The summed E-state index contributed by atoms with van der Waals surface area (Å²) >= 11 is 5.26. The summed E-state index contributed by atoms with van der Waals surface area (Å²) in [5, 5.41) is -0.828. The van der Waals surface area contributed by atoms with Crippen molar-refractivity contribution >= 4 is 28.9 Å². The van der Waals surface area contributed by atoms with E-state index in [1.165, 1.54) is 13.2 Å². The van der Waals surface area contributed by atoms with Crippen LogP contribution in [0.25, 0.3) is 6.08 Å². The predicted octanol–water partition coefficient (Wildman–Crippen LogP) is 2.01. The van der Waals surface area contributed by atoms with Gasteiger partial charge in [0.2, 0.25) is 0 Å². The van der Waals surface area contributed by atoms with Gasteiger partial charge >= 0.3 is 5.97 Å². The van der Waals surface area contributed by atoms with Crippen molar-refractivity contribution in [3.05, 3.63) is 41.5 Å². The molecule has 78 valence electrons. The minimum Gasteiger partial charge on any atom is -0.465 e. The summed E-state index contributed by atoms with van der Waals surface area (Å²) < 4.78 is 4.43. The lowest BCUT2D eigenvalue weighted by Crippen LogP contribution is -2.09. The van der Waals surface area contributed by atoms with Crippen LogP contribution >= 0.6 is 11.6 Å². The first-order valence-electron chi connectivity index (χ1n) is 4.20. The molecular weight excluding hydrogens is 216 g/mol. The third kappa shape index (κ3) is 3.22. The molecule has 0 saturated carbocycles. The zero-order valence-electron chi connectivity index (χ0n) is 8.07. The van der Waals surface area contributed by atoms with Crippen molar-refractivity contribution < 1.29 is 14.3 Å². The zero-order valence-corrected chi connectivity index (χ0v) is 8.82. The molecule has 0 amide bonds. The first-order valence-corrected chi connectivity index (χ1v) is 4.58. The molecule has 0 spiro atoms. The Morgan fingerprint density at radius 1 is 1.27 bits per heavy atom. The molecule has 0 bridgehead atoms. The van der Waals surface area contributed by atoms with Crippen LogP contribution in [0.5, 0.6) is 0 Å². The molecule has 0 aliphatic rings. The highest BCUT2D eigenvalue weighted by molar-refractivity contribution is 6.70. The van der Waals surface area contributed by atoms with Crippen LogP contribution in [0.2, 0.25) is 0 Å². The number of benzene rings is 1. The Hall–Kier alpha value is -1.61. The molecule has 1 aromatic carbocycles. The minimum atomic E-state index is -0.828. The van der Waals surface area contributed by atoms with E-state index in [0.29, 0.717) is 5.56 Å². The van der Waals surface area contributed by atoms with Crippen molar-refractivity contribution in [3.63, 3.8) is 0 Å². The molecule has 1 rings (SSSR count). The van der Waals surface area contributed by atoms with Gasteiger partial charge in [0.1, 0.15) is 5.57 Å². The lowest BCUT2D eigenvalue weighted by Gasteiger charge is -1.99. The van der Waals surface area contributed by atoms with Crippen LogP contribution in [-0.2, 0) is 14.3 Å². The molecular formula is C11H9ClO3. The fourth-order valence-electron chi connectivity index (χ4n) is 1.02. The second-order valence-corrected chi connectivity index (χ2v) is 3.08. The maximum atomic E-state index is 11.2. The Labute approximate surface area is 92.3 Å². The number of carbonyl (C=O) groups is 2. The van der Waals surface area contributed by atoms with Crippen LogP contribution in [0.1, 0.15) is 5.56 Å². The van der Waals surface area contributed by atoms with E-state index >= 15 is 0 Å². The molecule has 0 radical (unpaired) electrons. The molecule has 4 heteroatoms. The maximum Gasteiger partial charge on any atom is 0.342 e.